The topological polar surface area (TPSA) is 78.5 Å². The maximum absolute atomic E-state index is 13.5. The Hall–Kier alpha value is -2.44. The molecule has 2 N–H and O–H groups in total. The van der Waals surface area contributed by atoms with E-state index in [9.17, 15) is 18.8 Å². The molecular formula is C18H24FN3O3. The van der Waals surface area contributed by atoms with Gasteiger partial charge in [-0.2, -0.15) is 0 Å². The lowest BCUT2D eigenvalue weighted by atomic mass is 10.0. The summed E-state index contributed by atoms with van der Waals surface area (Å²) in [6, 6.07) is 4.11. The van der Waals surface area contributed by atoms with Crippen LogP contribution < -0.4 is 10.6 Å². The van der Waals surface area contributed by atoms with Gasteiger partial charge in [0.25, 0.3) is 0 Å². The van der Waals surface area contributed by atoms with Gasteiger partial charge in [-0.25, -0.2) is 4.39 Å². The third-order valence-electron chi connectivity index (χ3n) is 4.20. The zero-order valence-electron chi connectivity index (χ0n) is 14.8. The first-order valence-electron chi connectivity index (χ1n) is 8.44. The van der Waals surface area contributed by atoms with Gasteiger partial charge in [-0.3, -0.25) is 14.4 Å². The average molecular weight is 349 g/mol. The molecule has 1 aromatic carbocycles. The Morgan fingerprint density at radius 3 is 2.64 bits per heavy atom. The second kappa shape index (κ2) is 8.09. The molecule has 1 aromatic rings. The van der Waals surface area contributed by atoms with Crippen LogP contribution in [0.5, 0.6) is 0 Å². The molecule has 1 unspecified atom stereocenters. The lowest BCUT2D eigenvalue weighted by Gasteiger charge is -2.33. The van der Waals surface area contributed by atoms with E-state index in [2.05, 4.69) is 10.6 Å². The van der Waals surface area contributed by atoms with Crippen molar-refractivity contribution in [3.05, 3.63) is 29.6 Å². The number of benzene rings is 1. The number of carbonyl (C=O) groups excluding carboxylic acids is 3. The van der Waals surface area contributed by atoms with Crippen LogP contribution in [0.25, 0.3) is 0 Å². The summed E-state index contributed by atoms with van der Waals surface area (Å²) in [5.74, 6) is -2.13. The normalized spacial score (nSPS) is 17.3. The summed E-state index contributed by atoms with van der Waals surface area (Å²) >= 11 is 0. The first-order valence-corrected chi connectivity index (χ1v) is 8.44. The summed E-state index contributed by atoms with van der Waals surface area (Å²) in [5.41, 5.74) is 0.701. The molecule has 136 valence electrons. The Morgan fingerprint density at radius 1 is 1.28 bits per heavy atom. The van der Waals surface area contributed by atoms with Crippen LogP contribution in [0.3, 0.4) is 0 Å². The van der Waals surface area contributed by atoms with Crippen molar-refractivity contribution in [3.8, 4) is 0 Å². The molecule has 1 fully saturated rings. The van der Waals surface area contributed by atoms with E-state index in [4.69, 9.17) is 0 Å². The fourth-order valence-corrected chi connectivity index (χ4v) is 2.65. The molecule has 1 aliphatic rings. The van der Waals surface area contributed by atoms with Crippen molar-refractivity contribution in [1.82, 2.24) is 10.2 Å². The molecule has 0 aromatic heterocycles. The molecular weight excluding hydrogens is 325 g/mol. The number of anilines is 1. The zero-order chi connectivity index (χ0) is 18.6. The number of nitrogens with one attached hydrogen (secondary N) is 2. The molecule has 6 nitrogen and oxygen atoms in total. The number of hydrogen-bond acceptors (Lipinski definition) is 3. The van der Waals surface area contributed by atoms with E-state index in [0.717, 1.165) is 6.42 Å². The highest BCUT2D eigenvalue weighted by molar-refractivity contribution is 6.39. The molecule has 0 aliphatic carbocycles. The van der Waals surface area contributed by atoms with Crippen molar-refractivity contribution < 1.29 is 18.8 Å². The maximum atomic E-state index is 13.5. The van der Waals surface area contributed by atoms with Crippen LogP contribution in [0.1, 0.15) is 32.3 Å². The minimum Gasteiger partial charge on any atom is -0.351 e. The van der Waals surface area contributed by atoms with Crippen LogP contribution in [0, 0.1) is 18.7 Å². The summed E-state index contributed by atoms with van der Waals surface area (Å²) in [4.78, 5) is 37.7. The lowest BCUT2D eigenvalue weighted by molar-refractivity contribution is -0.144. The Balaban J connectivity index is 1.95. The van der Waals surface area contributed by atoms with Crippen molar-refractivity contribution in [1.29, 1.82) is 0 Å². The van der Waals surface area contributed by atoms with Crippen LogP contribution >= 0.6 is 0 Å². The largest absolute Gasteiger partial charge is 0.351 e. The van der Waals surface area contributed by atoms with E-state index in [-0.39, 0.29) is 23.6 Å². The van der Waals surface area contributed by atoms with E-state index in [1.54, 1.807) is 26.8 Å². The highest BCUT2D eigenvalue weighted by atomic mass is 19.1. The van der Waals surface area contributed by atoms with Crippen LogP contribution in [-0.2, 0) is 14.4 Å². The number of nitrogens with zero attached hydrogens (tertiary/aromatic N) is 1. The standard InChI is InChI=1S/C18H24FN3O3/c1-11(2)16(23)21-14-5-4-8-22(10-14)18(25)17(24)20-13-7-6-12(3)15(19)9-13/h6-7,9,11,14H,4-5,8,10H2,1-3H3,(H,20,24)(H,21,23). The smallest absolute Gasteiger partial charge is 0.313 e. The number of carbonyl (C=O) groups is 3. The van der Waals surface area contributed by atoms with Gasteiger partial charge in [0.2, 0.25) is 5.91 Å². The Bertz CT molecular complexity index is 676. The summed E-state index contributed by atoms with van der Waals surface area (Å²) in [7, 11) is 0. The Morgan fingerprint density at radius 2 is 2.00 bits per heavy atom. The SMILES string of the molecule is Cc1ccc(NC(=O)C(=O)N2CCCC(NC(=O)C(C)C)C2)cc1F. The van der Waals surface area contributed by atoms with E-state index >= 15 is 0 Å². The number of amides is 3. The number of aryl methyl sites for hydroxylation is 1. The molecule has 1 saturated heterocycles. The van der Waals surface area contributed by atoms with Gasteiger partial charge in [0.1, 0.15) is 5.82 Å². The van der Waals surface area contributed by atoms with Gasteiger partial charge < -0.3 is 15.5 Å². The van der Waals surface area contributed by atoms with Gasteiger partial charge in [0.05, 0.1) is 0 Å². The fraction of sp³-hybridized carbons (Fsp3) is 0.500. The maximum Gasteiger partial charge on any atom is 0.313 e. The molecule has 0 radical (unpaired) electrons. The summed E-state index contributed by atoms with van der Waals surface area (Å²) < 4.78 is 13.5. The Labute approximate surface area is 146 Å². The molecule has 0 spiro atoms. The second-order valence-electron chi connectivity index (χ2n) is 6.67. The minimum atomic E-state index is -0.806. The summed E-state index contributed by atoms with van der Waals surface area (Å²) in [6.07, 6.45) is 1.48. The second-order valence-corrected chi connectivity index (χ2v) is 6.67. The van der Waals surface area contributed by atoms with Gasteiger partial charge >= 0.3 is 11.8 Å². The molecule has 1 aliphatic heterocycles. The Kier molecular flexibility index (Phi) is 6.12. The van der Waals surface area contributed by atoms with Crippen LogP contribution in [-0.4, -0.2) is 41.8 Å². The molecule has 7 heteroatoms. The quantitative estimate of drug-likeness (QED) is 0.817. The number of piperidine rings is 1. The first kappa shape index (κ1) is 18.9. The van der Waals surface area contributed by atoms with Gasteiger partial charge in [-0.05, 0) is 37.5 Å². The predicted octanol–water partition coefficient (Wildman–Crippen LogP) is 1.84. The van der Waals surface area contributed by atoms with E-state index in [1.807, 2.05) is 0 Å². The van der Waals surface area contributed by atoms with Gasteiger partial charge in [-0.1, -0.05) is 19.9 Å². The van der Waals surface area contributed by atoms with Crippen LogP contribution in [0.4, 0.5) is 10.1 Å². The van der Waals surface area contributed by atoms with Crippen molar-refractivity contribution >= 4 is 23.4 Å². The average Bonchev–Trinajstić information content (AvgIpc) is 2.57. The van der Waals surface area contributed by atoms with Crippen LogP contribution in [0.15, 0.2) is 18.2 Å². The van der Waals surface area contributed by atoms with Crippen molar-refractivity contribution in [2.24, 2.45) is 5.92 Å². The number of halogens is 1. The number of hydrogen-bond donors (Lipinski definition) is 2. The minimum absolute atomic E-state index is 0.0705. The van der Waals surface area contributed by atoms with E-state index < -0.39 is 17.6 Å². The monoisotopic (exact) mass is 349 g/mol. The molecule has 1 heterocycles. The first-order chi connectivity index (χ1) is 11.8. The molecule has 2 rings (SSSR count). The van der Waals surface area contributed by atoms with Crippen LogP contribution in [0.2, 0.25) is 0 Å². The van der Waals surface area contributed by atoms with E-state index in [0.29, 0.717) is 25.1 Å². The zero-order valence-corrected chi connectivity index (χ0v) is 14.8. The molecule has 0 saturated carbocycles. The van der Waals surface area contributed by atoms with Gasteiger partial charge in [-0.15, -0.1) is 0 Å². The van der Waals surface area contributed by atoms with Crippen molar-refractivity contribution in [2.75, 3.05) is 18.4 Å². The fourth-order valence-electron chi connectivity index (χ4n) is 2.65. The number of rotatable bonds is 3. The highest BCUT2D eigenvalue weighted by Crippen LogP contribution is 2.15. The summed E-state index contributed by atoms with van der Waals surface area (Å²) in [6.45, 7) is 5.98. The van der Waals surface area contributed by atoms with Crippen molar-refractivity contribution in [2.45, 2.75) is 39.7 Å². The van der Waals surface area contributed by atoms with Gasteiger partial charge in [0.15, 0.2) is 0 Å². The third kappa shape index (κ3) is 5.01. The highest BCUT2D eigenvalue weighted by Gasteiger charge is 2.29. The van der Waals surface area contributed by atoms with Gasteiger partial charge in [0, 0.05) is 30.7 Å². The third-order valence-corrected chi connectivity index (χ3v) is 4.20. The molecule has 0 bridgehead atoms. The molecule has 1 atom stereocenters. The summed E-state index contributed by atoms with van der Waals surface area (Å²) in [5, 5.41) is 5.31. The molecule has 25 heavy (non-hydrogen) atoms. The molecule has 3 amide bonds. The number of likely N-dealkylation sites (tertiary alicyclic amines) is 1. The lowest BCUT2D eigenvalue weighted by Crippen LogP contribution is -2.52. The predicted molar refractivity (Wildman–Crippen MR) is 92.3 cm³/mol. The van der Waals surface area contributed by atoms with E-state index in [1.165, 1.54) is 17.0 Å². The van der Waals surface area contributed by atoms with Crippen molar-refractivity contribution in [3.63, 3.8) is 0 Å².